The molecule has 0 unspecified atom stereocenters. The number of hydrogen-bond acceptors (Lipinski definition) is 3. The van der Waals surface area contributed by atoms with Crippen molar-refractivity contribution in [2.75, 3.05) is 7.11 Å². The SMILES string of the molecule is C=CC[C@@H](C(=O)OC)[C@@H](C)NC(=O)c1ccccc1. The summed E-state index contributed by atoms with van der Waals surface area (Å²) in [5.74, 6) is -0.970. The number of amides is 1. The predicted octanol–water partition coefficient (Wildman–Crippen LogP) is 2.17. The van der Waals surface area contributed by atoms with Crippen LogP contribution in [-0.4, -0.2) is 25.0 Å². The van der Waals surface area contributed by atoms with Crippen molar-refractivity contribution in [3.05, 3.63) is 48.6 Å². The molecule has 0 fully saturated rings. The molecule has 0 heterocycles. The van der Waals surface area contributed by atoms with Crippen LogP contribution in [0.3, 0.4) is 0 Å². The number of benzene rings is 1. The fourth-order valence-electron chi connectivity index (χ4n) is 1.82. The number of rotatable bonds is 6. The second-order valence-corrected chi connectivity index (χ2v) is 4.28. The lowest BCUT2D eigenvalue weighted by Crippen LogP contribution is -2.41. The smallest absolute Gasteiger partial charge is 0.311 e. The quantitative estimate of drug-likeness (QED) is 0.630. The largest absolute Gasteiger partial charge is 0.469 e. The van der Waals surface area contributed by atoms with E-state index in [1.54, 1.807) is 37.3 Å². The van der Waals surface area contributed by atoms with E-state index in [-0.39, 0.29) is 17.9 Å². The van der Waals surface area contributed by atoms with Crippen LogP contribution in [0.1, 0.15) is 23.7 Å². The molecule has 0 aliphatic carbocycles. The van der Waals surface area contributed by atoms with Crippen LogP contribution in [0.4, 0.5) is 0 Å². The molecular formula is C15H19NO3. The molecule has 0 spiro atoms. The number of hydrogen-bond donors (Lipinski definition) is 1. The van der Waals surface area contributed by atoms with Gasteiger partial charge in [0.05, 0.1) is 13.0 Å². The Bertz CT molecular complexity index is 442. The van der Waals surface area contributed by atoms with Gasteiger partial charge in [0.25, 0.3) is 5.91 Å². The molecule has 19 heavy (non-hydrogen) atoms. The zero-order valence-electron chi connectivity index (χ0n) is 11.3. The van der Waals surface area contributed by atoms with Crippen LogP contribution < -0.4 is 5.32 Å². The third-order valence-corrected chi connectivity index (χ3v) is 2.92. The molecule has 0 bridgehead atoms. The first kappa shape index (κ1) is 15.0. The maximum atomic E-state index is 12.0. The van der Waals surface area contributed by atoms with E-state index >= 15 is 0 Å². The van der Waals surface area contributed by atoms with Gasteiger partial charge in [-0.1, -0.05) is 24.3 Å². The van der Waals surface area contributed by atoms with Crippen molar-refractivity contribution in [1.29, 1.82) is 0 Å². The zero-order valence-corrected chi connectivity index (χ0v) is 11.3. The Kier molecular flexibility index (Phi) is 5.79. The van der Waals surface area contributed by atoms with E-state index in [9.17, 15) is 9.59 Å². The van der Waals surface area contributed by atoms with Crippen LogP contribution in [0, 0.1) is 5.92 Å². The second-order valence-electron chi connectivity index (χ2n) is 4.28. The van der Waals surface area contributed by atoms with E-state index in [1.807, 2.05) is 6.07 Å². The monoisotopic (exact) mass is 261 g/mol. The number of allylic oxidation sites excluding steroid dienone is 1. The fourth-order valence-corrected chi connectivity index (χ4v) is 1.82. The minimum Gasteiger partial charge on any atom is -0.469 e. The van der Waals surface area contributed by atoms with Gasteiger partial charge in [-0.15, -0.1) is 6.58 Å². The highest BCUT2D eigenvalue weighted by atomic mass is 16.5. The van der Waals surface area contributed by atoms with Gasteiger partial charge < -0.3 is 10.1 Å². The van der Waals surface area contributed by atoms with Gasteiger partial charge in [-0.3, -0.25) is 9.59 Å². The van der Waals surface area contributed by atoms with Crippen LogP contribution in [0.15, 0.2) is 43.0 Å². The molecule has 0 saturated carbocycles. The number of esters is 1. The summed E-state index contributed by atoms with van der Waals surface area (Å²) >= 11 is 0. The topological polar surface area (TPSA) is 55.4 Å². The fraction of sp³-hybridized carbons (Fsp3) is 0.333. The van der Waals surface area contributed by atoms with E-state index in [1.165, 1.54) is 7.11 Å². The van der Waals surface area contributed by atoms with Crippen molar-refractivity contribution in [3.63, 3.8) is 0 Å². The van der Waals surface area contributed by atoms with Gasteiger partial charge in [-0.2, -0.15) is 0 Å². The van der Waals surface area contributed by atoms with Crippen molar-refractivity contribution in [1.82, 2.24) is 5.32 Å². The van der Waals surface area contributed by atoms with Gasteiger partial charge in [-0.25, -0.2) is 0 Å². The number of carbonyl (C=O) groups excluding carboxylic acids is 2. The molecule has 4 heteroatoms. The number of methoxy groups -OCH3 is 1. The van der Waals surface area contributed by atoms with Gasteiger partial charge >= 0.3 is 5.97 Å². The third kappa shape index (κ3) is 4.25. The van der Waals surface area contributed by atoms with E-state index in [4.69, 9.17) is 4.74 Å². The van der Waals surface area contributed by atoms with E-state index < -0.39 is 5.92 Å². The van der Waals surface area contributed by atoms with Crippen molar-refractivity contribution in [2.24, 2.45) is 5.92 Å². The van der Waals surface area contributed by atoms with E-state index in [0.717, 1.165) is 0 Å². The lowest BCUT2D eigenvalue weighted by molar-refractivity contribution is -0.146. The molecule has 1 aromatic rings. The Morgan fingerprint density at radius 1 is 1.37 bits per heavy atom. The van der Waals surface area contributed by atoms with Crippen molar-refractivity contribution in [2.45, 2.75) is 19.4 Å². The average Bonchev–Trinajstić information content (AvgIpc) is 2.44. The van der Waals surface area contributed by atoms with Crippen LogP contribution in [0.2, 0.25) is 0 Å². The average molecular weight is 261 g/mol. The lowest BCUT2D eigenvalue weighted by Gasteiger charge is -2.21. The molecule has 2 atom stereocenters. The standard InChI is InChI=1S/C15H19NO3/c1-4-8-13(15(18)19-3)11(2)16-14(17)12-9-6-5-7-10-12/h4-7,9-11,13H,1,8H2,2-3H3,(H,16,17)/t11-,13-/m1/s1. The number of ether oxygens (including phenoxy) is 1. The van der Waals surface area contributed by atoms with E-state index in [2.05, 4.69) is 11.9 Å². The summed E-state index contributed by atoms with van der Waals surface area (Å²) < 4.78 is 4.74. The Morgan fingerprint density at radius 2 is 2.00 bits per heavy atom. The summed E-state index contributed by atoms with van der Waals surface area (Å²) in [7, 11) is 1.34. The minimum atomic E-state index is -0.421. The molecule has 0 radical (unpaired) electrons. The van der Waals surface area contributed by atoms with Gasteiger partial charge in [0, 0.05) is 11.6 Å². The highest BCUT2D eigenvalue weighted by Crippen LogP contribution is 2.12. The van der Waals surface area contributed by atoms with Crippen molar-refractivity contribution < 1.29 is 14.3 Å². The normalized spacial score (nSPS) is 13.2. The molecule has 1 aromatic carbocycles. The summed E-state index contributed by atoms with van der Waals surface area (Å²) in [5.41, 5.74) is 0.566. The van der Waals surface area contributed by atoms with Gasteiger partial charge in [-0.05, 0) is 25.5 Å². The Hall–Kier alpha value is -2.10. The zero-order chi connectivity index (χ0) is 14.3. The first-order valence-electron chi connectivity index (χ1n) is 6.14. The highest BCUT2D eigenvalue weighted by Gasteiger charge is 2.26. The summed E-state index contributed by atoms with van der Waals surface area (Å²) in [6.07, 6.45) is 2.11. The van der Waals surface area contributed by atoms with E-state index in [0.29, 0.717) is 12.0 Å². The first-order valence-corrected chi connectivity index (χ1v) is 6.14. The van der Waals surface area contributed by atoms with Crippen LogP contribution in [-0.2, 0) is 9.53 Å². The maximum absolute atomic E-state index is 12.0. The molecule has 0 aliphatic heterocycles. The summed E-state index contributed by atoms with van der Waals surface area (Å²) in [4.78, 5) is 23.6. The second kappa shape index (κ2) is 7.36. The molecule has 0 aromatic heterocycles. The van der Waals surface area contributed by atoms with Crippen molar-refractivity contribution in [3.8, 4) is 0 Å². The lowest BCUT2D eigenvalue weighted by atomic mass is 9.97. The highest BCUT2D eigenvalue weighted by molar-refractivity contribution is 5.94. The molecule has 1 N–H and O–H groups in total. The van der Waals surface area contributed by atoms with Gasteiger partial charge in [0.1, 0.15) is 0 Å². The number of carbonyl (C=O) groups is 2. The predicted molar refractivity (Wildman–Crippen MR) is 73.7 cm³/mol. The van der Waals surface area contributed by atoms with Gasteiger partial charge in [0.2, 0.25) is 0 Å². The van der Waals surface area contributed by atoms with Gasteiger partial charge in [0.15, 0.2) is 0 Å². The third-order valence-electron chi connectivity index (χ3n) is 2.92. The molecule has 1 amide bonds. The molecule has 0 aliphatic rings. The van der Waals surface area contributed by atoms with Crippen LogP contribution >= 0.6 is 0 Å². The van der Waals surface area contributed by atoms with Crippen LogP contribution in [0.25, 0.3) is 0 Å². The number of nitrogens with one attached hydrogen (secondary N) is 1. The molecule has 4 nitrogen and oxygen atoms in total. The molecule has 1 rings (SSSR count). The Balaban J connectivity index is 2.71. The summed E-state index contributed by atoms with van der Waals surface area (Å²) in [6.45, 7) is 5.40. The Morgan fingerprint density at radius 3 is 2.53 bits per heavy atom. The van der Waals surface area contributed by atoms with Crippen molar-refractivity contribution >= 4 is 11.9 Å². The summed E-state index contributed by atoms with van der Waals surface area (Å²) in [6, 6.07) is 8.56. The first-order chi connectivity index (χ1) is 9.10. The molecular weight excluding hydrogens is 242 g/mol. The Labute approximate surface area is 113 Å². The van der Waals surface area contributed by atoms with Crippen LogP contribution in [0.5, 0.6) is 0 Å². The molecule has 0 saturated heterocycles. The maximum Gasteiger partial charge on any atom is 0.311 e. The minimum absolute atomic E-state index is 0.203. The summed E-state index contributed by atoms with van der Waals surface area (Å²) in [5, 5.41) is 2.81. The molecule has 102 valence electrons.